The highest BCUT2D eigenvalue weighted by atomic mass is 35.5. The molecular weight excluding hydrogens is 275 g/mol. The molecule has 1 aromatic heterocycles. The molecule has 18 heavy (non-hydrogen) atoms. The van der Waals surface area contributed by atoms with E-state index in [2.05, 4.69) is 20.5 Å². The summed E-state index contributed by atoms with van der Waals surface area (Å²) in [6, 6.07) is 5.09. The third-order valence-corrected chi connectivity index (χ3v) is 2.77. The standard InChI is InChI=1S/C11H8Cl2N4O/c12-8-3-1-7(5-9(8)13)2-4-10(18)16-11-14-6-15-17-11/h1-6H,(H2,14,15,16,17,18)/b4-2+. The second-order valence-electron chi connectivity index (χ2n) is 3.33. The fourth-order valence-electron chi connectivity index (χ4n) is 1.21. The molecule has 0 saturated heterocycles. The molecule has 2 rings (SSSR count). The van der Waals surface area contributed by atoms with Crippen molar-refractivity contribution in [1.82, 2.24) is 15.2 Å². The number of carbonyl (C=O) groups is 1. The Morgan fingerprint density at radius 3 is 2.83 bits per heavy atom. The fourth-order valence-corrected chi connectivity index (χ4v) is 1.52. The summed E-state index contributed by atoms with van der Waals surface area (Å²) >= 11 is 11.6. The molecule has 1 aromatic carbocycles. The van der Waals surface area contributed by atoms with Crippen LogP contribution in [0.3, 0.4) is 0 Å². The minimum absolute atomic E-state index is 0.291. The van der Waals surface area contributed by atoms with E-state index in [9.17, 15) is 4.79 Å². The second-order valence-corrected chi connectivity index (χ2v) is 4.14. The lowest BCUT2D eigenvalue weighted by molar-refractivity contribution is -0.111. The van der Waals surface area contributed by atoms with Crippen molar-refractivity contribution in [1.29, 1.82) is 0 Å². The van der Waals surface area contributed by atoms with E-state index in [0.717, 1.165) is 5.56 Å². The molecule has 2 aromatic rings. The second kappa shape index (κ2) is 5.66. The van der Waals surface area contributed by atoms with Gasteiger partial charge in [-0.1, -0.05) is 29.3 Å². The number of benzene rings is 1. The molecule has 0 aliphatic rings. The number of halogens is 2. The average Bonchev–Trinajstić information content (AvgIpc) is 2.83. The van der Waals surface area contributed by atoms with Gasteiger partial charge in [-0.3, -0.25) is 10.1 Å². The van der Waals surface area contributed by atoms with Crippen LogP contribution in [0.15, 0.2) is 30.6 Å². The summed E-state index contributed by atoms with van der Waals surface area (Å²) in [6.45, 7) is 0. The molecule has 1 amide bonds. The van der Waals surface area contributed by atoms with Gasteiger partial charge in [0, 0.05) is 6.08 Å². The molecule has 92 valence electrons. The predicted octanol–water partition coefficient (Wildman–Crippen LogP) is 2.76. The number of hydrogen-bond donors (Lipinski definition) is 2. The van der Waals surface area contributed by atoms with E-state index in [1.54, 1.807) is 24.3 Å². The van der Waals surface area contributed by atoms with Crippen LogP contribution >= 0.6 is 23.2 Å². The molecule has 0 bridgehead atoms. The summed E-state index contributed by atoms with van der Waals surface area (Å²) in [5.41, 5.74) is 0.775. The Morgan fingerprint density at radius 2 is 2.17 bits per heavy atom. The minimum atomic E-state index is -0.321. The Kier molecular flexibility index (Phi) is 3.96. The van der Waals surface area contributed by atoms with Gasteiger partial charge in [0.25, 0.3) is 5.91 Å². The quantitative estimate of drug-likeness (QED) is 0.851. The highest BCUT2D eigenvalue weighted by Gasteiger charge is 2.00. The Balaban J connectivity index is 2.01. The normalized spacial score (nSPS) is 10.8. The average molecular weight is 283 g/mol. The topological polar surface area (TPSA) is 70.7 Å². The largest absolute Gasteiger partial charge is 0.291 e. The molecule has 0 atom stereocenters. The third kappa shape index (κ3) is 3.32. The Bertz CT molecular complexity index is 581. The maximum Gasteiger partial charge on any atom is 0.250 e. The van der Waals surface area contributed by atoms with E-state index in [1.165, 1.54) is 12.4 Å². The van der Waals surface area contributed by atoms with Gasteiger partial charge in [0.2, 0.25) is 5.95 Å². The number of nitrogens with one attached hydrogen (secondary N) is 2. The molecule has 0 unspecified atom stereocenters. The number of amides is 1. The number of nitrogens with zero attached hydrogens (tertiary/aromatic N) is 2. The molecule has 0 fully saturated rings. The lowest BCUT2D eigenvalue weighted by atomic mass is 10.2. The number of hydrogen-bond acceptors (Lipinski definition) is 3. The zero-order chi connectivity index (χ0) is 13.0. The first-order chi connectivity index (χ1) is 8.65. The van der Waals surface area contributed by atoms with Crippen molar-refractivity contribution in [2.24, 2.45) is 0 Å². The minimum Gasteiger partial charge on any atom is -0.291 e. The zero-order valence-corrected chi connectivity index (χ0v) is 10.5. The van der Waals surface area contributed by atoms with Crippen molar-refractivity contribution in [3.63, 3.8) is 0 Å². The van der Waals surface area contributed by atoms with Gasteiger partial charge in [-0.25, -0.2) is 5.10 Å². The van der Waals surface area contributed by atoms with E-state index in [1.807, 2.05) is 0 Å². The lowest BCUT2D eigenvalue weighted by Gasteiger charge is -1.98. The van der Waals surface area contributed by atoms with E-state index >= 15 is 0 Å². The number of carbonyl (C=O) groups excluding carboxylic acids is 1. The molecular formula is C11H8Cl2N4O. The summed E-state index contributed by atoms with van der Waals surface area (Å²) in [5.74, 6) is -0.0309. The monoisotopic (exact) mass is 282 g/mol. The van der Waals surface area contributed by atoms with Crippen molar-refractivity contribution in [3.05, 3.63) is 46.2 Å². The predicted molar refractivity (Wildman–Crippen MR) is 70.5 cm³/mol. The van der Waals surface area contributed by atoms with Crippen molar-refractivity contribution < 1.29 is 4.79 Å². The van der Waals surface area contributed by atoms with Gasteiger partial charge in [0.05, 0.1) is 10.0 Å². The SMILES string of the molecule is O=C(/C=C/c1ccc(Cl)c(Cl)c1)Nc1ncn[nH]1. The van der Waals surface area contributed by atoms with Gasteiger partial charge in [-0.2, -0.15) is 10.1 Å². The van der Waals surface area contributed by atoms with Crippen molar-refractivity contribution in [3.8, 4) is 0 Å². The summed E-state index contributed by atoms with van der Waals surface area (Å²) in [7, 11) is 0. The van der Waals surface area contributed by atoms with E-state index in [-0.39, 0.29) is 5.91 Å². The number of rotatable bonds is 3. The van der Waals surface area contributed by atoms with Crippen molar-refractivity contribution in [2.75, 3.05) is 5.32 Å². The number of aromatic amines is 1. The maximum atomic E-state index is 11.5. The first kappa shape index (κ1) is 12.6. The van der Waals surface area contributed by atoms with Crippen LogP contribution in [0.2, 0.25) is 10.0 Å². The van der Waals surface area contributed by atoms with Gasteiger partial charge in [0.15, 0.2) is 0 Å². The maximum absolute atomic E-state index is 11.5. The molecule has 2 N–H and O–H groups in total. The summed E-state index contributed by atoms with van der Waals surface area (Å²) < 4.78 is 0. The van der Waals surface area contributed by atoms with Crippen LogP contribution in [-0.4, -0.2) is 21.1 Å². The molecule has 7 heteroatoms. The zero-order valence-electron chi connectivity index (χ0n) is 9.02. The summed E-state index contributed by atoms with van der Waals surface area (Å²) in [4.78, 5) is 15.3. The van der Waals surface area contributed by atoms with Gasteiger partial charge in [-0.15, -0.1) is 0 Å². The lowest BCUT2D eigenvalue weighted by Crippen LogP contribution is -2.08. The first-order valence-corrected chi connectivity index (χ1v) is 5.70. The molecule has 0 aliphatic carbocycles. The van der Waals surface area contributed by atoms with Gasteiger partial charge in [-0.05, 0) is 23.8 Å². The number of H-pyrrole nitrogens is 1. The molecule has 0 saturated carbocycles. The summed E-state index contributed by atoms with van der Waals surface area (Å²) in [5, 5.41) is 9.54. The van der Waals surface area contributed by atoms with Crippen LogP contribution < -0.4 is 5.32 Å². The van der Waals surface area contributed by atoms with Crippen LogP contribution in [0, 0.1) is 0 Å². The van der Waals surface area contributed by atoms with Crippen molar-refractivity contribution >= 4 is 41.1 Å². The van der Waals surface area contributed by atoms with E-state index < -0.39 is 0 Å². The van der Waals surface area contributed by atoms with Crippen LogP contribution in [0.5, 0.6) is 0 Å². The Hall–Kier alpha value is -1.85. The number of anilines is 1. The Morgan fingerprint density at radius 1 is 1.33 bits per heavy atom. The molecule has 1 heterocycles. The molecule has 0 aliphatic heterocycles. The van der Waals surface area contributed by atoms with Crippen molar-refractivity contribution in [2.45, 2.75) is 0 Å². The highest BCUT2D eigenvalue weighted by molar-refractivity contribution is 6.42. The van der Waals surface area contributed by atoms with Crippen LogP contribution in [0.1, 0.15) is 5.56 Å². The van der Waals surface area contributed by atoms with Crippen LogP contribution in [-0.2, 0) is 4.79 Å². The van der Waals surface area contributed by atoms with Gasteiger partial charge in [0.1, 0.15) is 6.33 Å². The fraction of sp³-hybridized carbons (Fsp3) is 0. The first-order valence-electron chi connectivity index (χ1n) is 4.94. The smallest absolute Gasteiger partial charge is 0.250 e. The number of aromatic nitrogens is 3. The molecule has 5 nitrogen and oxygen atoms in total. The molecule has 0 radical (unpaired) electrons. The van der Waals surface area contributed by atoms with Crippen LogP contribution in [0.25, 0.3) is 6.08 Å². The van der Waals surface area contributed by atoms with E-state index in [0.29, 0.717) is 16.0 Å². The highest BCUT2D eigenvalue weighted by Crippen LogP contribution is 2.23. The molecule has 0 spiro atoms. The van der Waals surface area contributed by atoms with Gasteiger partial charge < -0.3 is 0 Å². The summed E-state index contributed by atoms with van der Waals surface area (Å²) in [6.07, 6.45) is 4.29. The Labute approximate surface area is 113 Å². The van der Waals surface area contributed by atoms with E-state index in [4.69, 9.17) is 23.2 Å². The third-order valence-electron chi connectivity index (χ3n) is 2.03. The van der Waals surface area contributed by atoms with Crippen LogP contribution in [0.4, 0.5) is 5.95 Å². The van der Waals surface area contributed by atoms with Gasteiger partial charge >= 0.3 is 0 Å².